The zero-order valence-electron chi connectivity index (χ0n) is 44.9. The zero-order valence-corrected chi connectivity index (χ0v) is 44.9. The molecule has 0 amide bonds. The Bertz CT molecular complexity index is 1820. The molecule has 10 saturated carbocycles. The second kappa shape index (κ2) is 14.2. The number of hydrogen-bond acceptors (Lipinski definition) is 1. The molecule has 0 N–H and O–H groups in total. The van der Waals surface area contributed by atoms with Crippen molar-refractivity contribution in [3.63, 3.8) is 0 Å². The molecular formula is C62H104O. The Balaban J connectivity index is 0.000000150. The number of hydrogen-bond donors (Lipinski definition) is 0. The van der Waals surface area contributed by atoms with Crippen LogP contribution in [0.5, 0.6) is 0 Å². The fourth-order valence-electron chi connectivity index (χ4n) is 23.8. The van der Waals surface area contributed by atoms with Crippen molar-refractivity contribution in [2.24, 2.45) is 125 Å². The van der Waals surface area contributed by atoms with Gasteiger partial charge < -0.3 is 4.74 Å². The van der Waals surface area contributed by atoms with E-state index in [1.165, 1.54) is 134 Å². The van der Waals surface area contributed by atoms with E-state index >= 15 is 0 Å². The highest BCUT2D eigenvalue weighted by atomic mass is 16.5. The lowest BCUT2D eigenvalue weighted by atomic mass is 9.31. The fourth-order valence-corrected chi connectivity index (χ4v) is 23.8. The Morgan fingerprint density at radius 3 is 1.43 bits per heavy atom. The minimum absolute atomic E-state index is 0.369. The summed E-state index contributed by atoms with van der Waals surface area (Å²) in [6, 6.07) is 0. The molecule has 0 aromatic heterocycles. The van der Waals surface area contributed by atoms with Gasteiger partial charge in [0.1, 0.15) is 0 Å². The molecule has 10 aliphatic carbocycles. The van der Waals surface area contributed by atoms with Gasteiger partial charge in [0.2, 0.25) is 0 Å². The van der Waals surface area contributed by atoms with Crippen molar-refractivity contribution in [3.8, 4) is 0 Å². The molecule has 11 aliphatic rings. The van der Waals surface area contributed by atoms with Crippen molar-refractivity contribution >= 4 is 0 Å². The van der Waals surface area contributed by atoms with Crippen molar-refractivity contribution in [3.05, 3.63) is 12.2 Å². The number of allylic oxidation sites excluding steroid dienone is 1. The summed E-state index contributed by atoms with van der Waals surface area (Å²) in [6.07, 6.45) is 29.8. The first-order chi connectivity index (χ1) is 29.1. The lowest BCUT2D eigenvalue weighted by Gasteiger charge is -2.73. The number of ether oxygens (including phenoxy) is 1. The molecule has 20 atom stereocenters. The van der Waals surface area contributed by atoms with E-state index in [2.05, 4.69) is 117 Å². The Labute approximate surface area is 391 Å². The lowest BCUT2D eigenvalue weighted by molar-refractivity contribution is -0.247. The van der Waals surface area contributed by atoms with Crippen molar-refractivity contribution in [1.29, 1.82) is 0 Å². The molecule has 2 bridgehead atoms. The molecule has 0 aromatic carbocycles. The van der Waals surface area contributed by atoms with Crippen LogP contribution in [0, 0.1) is 125 Å². The summed E-state index contributed by atoms with van der Waals surface area (Å²) in [4.78, 5) is 0. The lowest BCUT2D eigenvalue weighted by Crippen LogP contribution is -2.67. The van der Waals surface area contributed by atoms with Crippen LogP contribution in [-0.2, 0) is 4.74 Å². The van der Waals surface area contributed by atoms with Crippen LogP contribution >= 0.6 is 0 Å². The predicted molar refractivity (Wildman–Crippen MR) is 267 cm³/mol. The van der Waals surface area contributed by atoms with Gasteiger partial charge in [-0.25, -0.2) is 0 Å². The zero-order chi connectivity index (χ0) is 45.6. The van der Waals surface area contributed by atoms with E-state index in [9.17, 15) is 0 Å². The smallest absolute Gasteiger partial charge is 0.0663 e. The van der Waals surface area contributed by atoms with Crippen molar-refractivity contribution < 1.29 is 4.74 Å². The topological polar surface area (TPSA) is 9.23 Å². The summed E-state index contributed by atoms with van der Waals surface area (Å²) < 4.78 is 6.74. The van der Waals surface area contributed by atoms with E-state index < -0.39 is 0 Å². The molecule has 358 valence electrons. The molecular weight excluding hydrogens is 761 g/mol. The SMILES string of the molecule is C=C(C)[C@@H]1CC[C@]2(C)CC[C@]3(C)C(CCC4[C@@]5(C)CC[C@H](C)C(C)(C)C5CC[C@]43C)C12.C[C@H]1CC[C@@]2(C)C(CC[C@]3(C)C2CCC2C4[C@H]5OC[C@@]4(CCC5(C)C)CC[C@]23C)C1(C)C. The first kappa shape index (κ1) is 46.4. The quantitative estimate of drug-likeness (QED) is 0.239. The van der Waals surface area contributed by atoms with Gasteiger partial charge in [-0.2, -0.15) is 0 Å². The van der Waals surface area contributed by atoms with Crippen LogP contribution in [0.3, 0.4) is 0 Å². The van der Waals surface area contributed by atoms with E-state index in [1.807, 2.05) is 0 Å². The van der Waals surface area contributed by atoms with E-state index in [4.69, 9.17) is 4.74 Å². The normalized spacial score (nSPS) is 59.0. The van der Waals surface area contributed by atoms with Gasteiger partial charge in [-0.05, 0) is 260 Å². The molecule has 0 aromatic rings. The molecule has 0 spiro atoms. The van der Waals surface area contributed by atoms with Gasteiger partial charge in [0.15, 0.2) is 0 Å². The van der Waals surface area contributed by atoms with Crippen LogP contribution in [0.4, 0.5) is 0 Å². The maximum Gasteiger partial charge on any atom is 0.0663 e. The molecule has 1 aliphatic heterocycles. The first-order valence-corrected chi connectivity index (χ1v) is 28.4. The van der Waals surface area contributed by atoms with Gasteiger partial charge in [0.05, 0.1) is 12.7 Å². The van der Waals surface area contributed by atoms with Crippen LogP contribution < -0.4 is 0 Å². The third-order valence-corrected chi connectivity index (χ3v) is 28.7. The highest BCUT2D eigenvalue weighted by Gasteiger charge is 2.74. The Hall–Kier alpha value is -0.300. The van der Waals surface area contributed by atoms with E-state index in [0.717, 1.165) is 71.7 Å². The summed E-state index contributed by atoms with van der Waals surface area (Å²) >= 11 is 0. The van der Waals surface area contributed by atoms with Crippen LogP contribution in [0.25, 0.3) is 0 Å². The molecule has 1 heterocycles. The van der Waals surface area contributed by atoms with Gasteiger partial charge in [0, 0.05) is 0 Å². The van der Waals surface area contributed by atoms with Gasteiger partial charge in [0.25, 0.3) is 0 Å². The number of fused-ring (bicyclic) bond motifs is 12. The van der Waals surface area contributed by atoms with Crippen LogP contribution in [0.2, 0.25) is 0 Å². The second-order valence-electron chi connectivity index (χ2n) is 31.1. The van der Waals surface area contributed by atoms with E-state index in [-0.39, 0.29) is 0 Å². The molecule has 11 rings (SSSR count). The highest BCUT2D eigenvalue weighted by Crippen LogP contribution is 2.80. The summed E-state index contributed by atoms with van der Waals surface area (Å²) in [5, 5.41) is 0. The number of rotatable bonds is 1. The first-order valence-electron chi connectivity index (χ1n) is 28.4. The maximum atomic E-state index is 6.74. The minimum atomic E-state index is 0.369. The molecule has 8 unspecified atom stereocenters. The maximum absolute atomic E-state index is 6.74. The van der Waals surface area contributed by atoms with Crippen molar-refractivity contribution in [2.45, 2.75) is 245 Å². The van der Waals surface area contributed by atoms with Crippen molar-refractivity contribution in [1.82, 2.24) is 0 Å². The molecule has 11 fully saturated rings. The second-order valence-corrected chi connectivity index (χ2v) is 31.1. The van der Waals surface area contributed by atoms with Crippen LogP contribution in [0.15, 0.2) is 12.2 Å². The van der Waals surface area contributed by atoms with Gasteiger partial charge in [-0.3, -0.25) is 0 Å². The third kappa shape index (κ3) is 5.80. The largest absolute Gasteiger partial charge is 0.377 e. The molecule has 63 heavy (non-hydrogen) atoms. The van der Waals surface area contributed by atoms with E-state index in [0.29, 0.717) is 65.7 Å². The molecule has 1 nitrogen and oxygen atoms in total. The van der Waals surface area contributed by atoms with E-state index in [1.54, 1.807) is 0 Å². The standard InChI is InChI=1S/C31H52O.C31H52/c1-20-11-13-28(6)22(27(20,4)5)12-14-30(8)23(28)10-9-21-24-25-26(2,3)15-17-31(24,19-32-25)18-16-29(21,30)7;1-20(2)22-13-15-28(6)18-19-30(8)23(26(22)28)10-11-25-29(7)16-12-21(3)27(4,5)24(29)14-17-31(25,30)9/h20-25H,9-19H2,1-8H3;21-26H,1,10-19H2,2-9H3/t20-,21?,22?,23?,24?,25+,28-,29+,30+,31+;21-,22-,23?,24?,25?,26?,28+,29-,30+,31+/m00/s1. The Morgan fingerprint density at radius 1 is 0.444 bits per heavy atom. The predicted octanol–water partition coefficient (Wildman–Crippen LogP) is 17.8. The summed E-state index contributed by atoms with van der Waals surface area (Å²) in [5.74, 6) is 9.78. The molecule has 0 radical (unpaired) electrons. The van der Waals surface area contributed by atoms with Gasteiger partial charge >= 0.3 is 0 Å². The van der Waals surface area contributed by atoms with Gasteiger partial charge in [-0.1, -0.05) is 116 Å². The summed E-state index contributed by atoms with van der Waals surface area (Å²) in [7, 11) is 0. The average molecular weight is 866 g/mol. The summed E-state index contributed by atoms with van der Waals surface area (Å²) in [5.41, 5.74) is 7.16. The van der Waals surface area contributed by atoms with Gasteiger partial charge in [-0.15, -0.1) is 0 Å². The van der Waals surface area contributed by atoms with Crippen molar-refractivity contribution in [2.75, 3.05) is 6.61 Å². The summed E-state index contributed by atoms with van der Waals surface area (Å²) in [6.45, 7) is 47.9. The fraction of sp³-hybridized carbons (Fsp3) is 0.968. The third-order valence-electron chi connectivity index (χ3n) is 28.7. The van der Waals surface area contributed by atoms with Crippen LogP contribution in [-0.4, -0.2) is 12.7 Å². The van der Waals surface area contributed by atoms with Crippen LogP contribution in [0.1, 0.15) is 239 Å². The molecule has 1 heteroatoms. The Kier molecular flexibility index (Phi) is 10.4. The Morgan fingerprint density at radius 2 is 0.921 bits per heavy atom. The highest BCUT2D eigenvalue weighted by molar-refractivity contribution is 5.23. The monoisotopic (exact) mass is 865 g/mol. The average Bonchev–Trinajstić information content (AvgIpc) is 3.74. The molecule has 1 saturated heterocycles. The minimum Gasteiger partial charge on any atom is -0.377 e.